The lowest BCUT2D eigenvalue weighted by Gasteiger charge is -2.25. The Morgan fingerprint density at radius 3 is 2.28 bits per heavy atom. The second-order valence-corrected chi connectivity index (χ2v) is 8.42. The largest absolute Gasteiger partial charge is 0.372 e. The van der Waals surface area contributed by atoms with Crippen molar-refractivity contribution in [3.05, 3.63) is 36.2 Å². The highest BCUT2D eigenvalue weighted by atomic mass is 32.1. The second-order valence-electron chi connectivity index (χ2n) is 8.00. The van der Waals surface area contributed by atoms with E-state index in [1.54, 1.807) is 0 Å². The van der Waals surface area contributed by atoms with Crippen molar-refractivity contribution in [2.45, 2.75) is 71.2 Å². The first-order valence-corrected chi connectivity index (χ1v) is 12.4. The summed E-state index contributed by atoms with van der Waals surface area (Å²) in [5, 5.41) is 3.54. The number of nitrogens with one attached hydrogen (secondary N) is 1. The zero-order chi connectivity index (χ0) is 23.3. The van der Waals surface area contributed by atoms with Crippen molar-refractivity contribution in [1.82, 2.24) is 9.97 Å². The van der Waals surface area contributed by atoms with Gasteiger partial charge in [-0.2, -0.15) is 0 Å². The van der Waals surface area contributed by atoms with Crippen molar-refractivity contribution in [2.24, 2.45) is 0 Å². The molecule has 1 heterocycles. The molecule has 2 rings (SSSR count). The molecule has 1 amide bonds. The number of para-hydroxylation sites is 1. The Morgan fingerprint density at radius 2 is 1.62 bits per heavy atom. The third-order valence-electron chi connectivity index (χ3n) is 5.54. The maximum Gasteiger partial charge on any atom is 0.224 e. The first kappa shape index (κ1) is 26.0. The average molecular weight is 458 g/mol. The summed E-state index contributed by atoms with van der Waals surface area (Å²) in [5.41, 5.74) is 1.82. The Hall–Kier alpha value is -2.28. The molecule has 6 nitrogen and oxygen atoms in total. The molecule has 0 radical (unpaired) electrons. The predicted octanol–water partition coefficient (Wildman–Crippen LogP) is 5.73. The fourth-order valence-electron chi connectivity index (χ4n) is 3.78. The minimum atomic E-state index is -0.0276. The summed E-state index contributed by atoms with van der Waals surface area (Å²) in [5.74, 6) is 1.36. The monoisotopic (exact) mass is 457 g/mol. The van der Waals surface area contributed by atoms with E-state index in [0.717, 1.165) is 38.4 Å². The summed E-state index contributed by atoms with van der Waals surface area (Å²) in [6.45, 7) is 11.7. The number of aryl methyl sites for hydroxylation is 1. The van der Waals surface area contributed by atoms with Gasteiger partial charge in [-0.3, -0.25) is 4.79 Å². The van der Waals surface area contributed by atoms with Crippen molar-refractivity contribution in [1.29, 1.82) is 0 Å². The van der Waals surface area contributed by atoms with Crippen LogP contribution in [0.3, 0.4) is 0 Å². The molecule has 32 heavy (non-hydrogen) atoms. The molecule has 7 heteroatoms. The van der Waals surface area contributed by atoms with Gasteiger partial charge in [-0.1, -0.05) is 44.4 Å². The number of hydrogen-bond acceptors (Lipinski definition) is 6. The summed E-state index contributed by atoms with van der Waals surface area (Å²) < 4.78 is 0. The van der Waals surface area contributed by atoms with E-state index < -0.39 is 0 Å². The Kier molecular flexibility index (Phi) is 11.4. The summed E-state index contributed by atoms with van der Waals surface area (Å²) >= 11 is 4.51. The van der Waals surface area contributed by atoms with Crippen LogP contribution >= 0.6 is 12.6 Å². The predicted molar refractivity (Wildman–Crippen MR) is 138 cm³/mol. The molecule has 0 saturated heterocycles. The number of rotatable bonds is 14. The molecule has 0 bridgehead atoms. The lowest BCUT2D eigenvalue weighted by atomic mass is 10.1. The standard InChI is InChI=1S/C25H39N5OS/c1-5-8-9-13-18-30(21-15-11-10-12-16-21)19-14-17-22(31)28-23-24(29(6-2)7-3)26-20(4)27-25(23)32/h10-12,15-16H,5-9,13-14,17-19H2,1-4H3,(H,28,31)(H,26,27,32). The highest BCUT2D eigenvalue weighted by molar-refractivity contribution is 7.80. The molecular weight excluding hydrogens is 418 g/mol. The van der Waals surface area contributed by atoms with Crippen molar-refractivity contribution >= 4 is 35.7 Å². The third-order valence-corrected chi connectivity index (χ3v) is 5.87. The number of carbonyl (C=O) groups excluding carboxylic acids is 1. The Morgan fingerprint density at radius 1 is 0.938 bits per heavy atom. The molecule has 1 aromatic heterocycles. The van der Waals surface area contributed by atoms with E-state index >= 15 is 0 Å². The first-order valence-electron chi connectivity index (χ1n) is 11.9. The zero-order valence-corrected chi connectivity index (χ0v) is 21.0. The highest BCUT2D eigenvalue weighted by Crippen LogP contribution is 2.29. The van der Waals surface area contributed by atoms with Crippen LogP contribution in [0, 0.1) is 6.92 Å². The van der Waals surface area contributed by atoms with Crippen LogP contribution in [0.25, 0.3) is 0 Å². The number of anilines is 3. The van der Waals surface area contributed by atoms with Crippen molar-refractivity contribution in [3.63, 3.8) is 0 Å². The SMILES string of the molecule is CCCCCCN(CCCC(=O)Nc1c(S)nc(C)nc1N(CC)CC)c1ccccc1. The van der Waals surface area contributed by atoms with Gasteiger partial charge in [-0.25, -0.2) is 9.97 Å². The molecule has 0 aliphatic carbocycles. The van der Waals surface area contributed by atoms with Gasteiger partial charge in [-0.05, 0) is 45.7 Å². The minimum absolute atomic E-state index is 0.0276. The van der Waals surface area contributed by atoms with Gasteiger partial charge < -0.3 is 15.1 Å². The third kappa shape index (κ3) is 8.01. The van der Waals surface area contributed by atoms with Gasteiger partial charge in [0.15, 0.2) is 5.82 Å². The zero-order valence-electron chi connectivity index (χ0n) is 20.1. The molecule has 176 valence electrons. The number of thiol groups is 1. The van der Waals surface area contributed by atoms with E-state index in [1.165, 1.54) is 31.4 Å². The summed E-state index contributed by atoms with van der Waals surface area (Å²) in [7, 11) is 0. The van der Waals surface area contributed by atoms with E-state index in [4.69, 9.17) is 0 Å². The van der Waals surface area contributed by atoms with Crippen LogP contribution in [0.5, 0.6) is 0 Å². The topological polar surface area (TPSA) is 61.4 Å². The van der Waals surface area contributed by atoms with Crippen molar-refractivity contribution in [2.75, 3.05) is 41.3 Å². The number of aromatic nitrogens is 2. The molecule has 0 aliphatic heterocycles. The normalized spacial score (nSPS) is 10.8. The van der Waals surface area contributed by atoms with Crippen LogP contribution in [0.1, 0.15) is 65.1 Å². The number of amides is 1. The number of unbranched alkanes of at least 4 members (excludes halogenated alkanes) is 3. The highest BCUT2D eigenvalue weighted by Gasteiger charge is 2.18. The fourth-order valence-corrected chi connectivity index (χ4v) is 4.08. The van der Waals surface area contributed by atoms with E-state index in [9.17, 15) is 4.79 Å². The summed E-state index contributed by atoms with van der Waals surface area (Å²) in [4.78, 5) is 26.2. The molecule has 0 unspecified atom stereocenters. The number of nitrogens with zero attached hydrogens (tertiary/aromatic N) is 4. The molecule has 0 aliphatic rings. The van der Waals surface area contributed by atoms with Gasteiger partial charge in [-0.15, -0.1) is 12.6 Å². The second kappa shape index (κ2) is 14.0. The van der Waals surface area contributed by atoms with Gasteiger partial charge in [0, 0.05) is 38.3 Å². The molecule has 0 saturated carbocycles. The molecule has 1 aromatic carbocycles. The van der Waals surface area contributed by atoms with Gasteiger partial charge in [0.05, 0.1) is 0 Å². The summed E-state index contributed by atoms with van der Waals surface area (Å²) in [6.07, 6.45) is 6.14. The van der Waals surface area contributed by atoms with E-state index in [2.05, 4.69) is 82.8 Å². The smallest absolute Gasteiger partial charge is 0.224 e. The van der Waals surface area contributed by atoms with Crippen molar-refractivity contribution in [3.8, 4) is 0 Å². The van der Waals surface area contributed by atoms with Gasteiger partial charge in [0.1, 0.15) is 16.5 Å². The van der Waals surface area contributed by atoms with Crippen LogP contribution < -0.4 is 15.1 Å². The Bertz CT molecular complexity index is 827. The Labute approximate surface area is 199 Å². The molecular formula is C25H39N5OS. The van der Waals surface area contributed by atoms with E-state index in [0.29, 0.717) is 23.0 Å². The molecule has 0 atom stereocenters. The fraction of sp³-hybridized carbons (Fsp3) is 0.560. The number of carbonyl (C=O) groups is 1. The van der Waals surface area contributed by atoms with Crippen LogP contribution in [0.15, 0.2) is 35.4 Å². The molecule has 0 spiro atoms. The van der Waals surface area contributed by atoms with Crippen LogP contribution in [0.2, 0.25) is 0 Å². The van der Waals surface area contributed by atoms with Gasteiger partial charge in [0.25, 0.3) is 0 Å². The number of benzene rings is 1. The van der Waals surface area contributed by atoms with E-state index in [-0.39, 0.29) is 5.91 Å². The van der Waals surface area contributed by atoms with Crippen molar-refractivity contribution < 1.29 is 4.79 Å². The Balaban J connectivity index is 1.99. The quantitative estimate of drug-likeness (QED) is 0.216. The van der Waals surface area contributed by atoms with E-state index in [1.807, 2.05) is 13.0 Å². The lowest BCUT2D eigenvalue weighted by Crippen LogP contribution is -2.28. The summed E-state index contributed by atoms with van der Waals surface area (Å²) in [6, 6.07) is 10.5. The average Bonchev–Trinajstić information content (AvgIpc) is 2.79. The lowest BCUT2D eigenvalue weighted by molar-refractivity contribution is -0.116. The number of hydrogen-bond donors (Lipinski definition) is 2. The first-order chi connectivity index (χ1) is 15.5. The van der Waals surface area contributed by atoms with Crippen LogP contribution in [-0.4, -0.2) is 42.1 Å². The van der Waals surface area contributed by atoms with Crippen LogP contribution in [0.4, 0.5) is 17.2 Å². The molecule has 2 aromatic rings. The van der Waals surface area contributed by atoms with Crippen LogP contribution in [-0.2, 0) is 4.79 Å². The minimum Gasteiger partial charge on any atom is -0.372 e. The molecule has 1 N–H and O–H groups in total. The maximum absolute atomic E-state index is 12.8. The van der Waals surface area contributed by atoms with Gasteiger partial charge in [0.2, 0.25) is 5.91 Å². The maximum atomic E-state index is 12.8. The van der Waals surface area contributed by atoms with Gasteiger partial charge >= 0.3 is 0 Å². The molecule has 0 fully saturated rings.